The second-order valence-electron chi connectivity index (χ2n) is 6.28. The van der Waals surface area contributed by atoms with E-state index in [0.717, 1.165) is 11.1 Å². The van der Waals surface area contributed by atoms with Crippen LogP contribution in [0.3, 0.4) is 0 Å². The van der Waals surface area contributed by atoms with Gasteiger partial charge in [-0.2, -0.15) is 0 Å². The lowest BCUT2D eigenvalue weighted by Crippen LogP contribution is -2.14. The summed E-state index contributed by atoms with van der Waals surface area (Å²) in [6.07, 6.45) is 2.30. The van der Waals surface area contributed by atoms with E-state index in [0.29, 0.717) is 36.5 Å². The van der Waals surface area contributed by atoms with Crippen LogP contribution in [0.15, 0.2) is 11.6 Å². The van der Waals surface area contributed by atoms with Crippen molar-refractivity contribution in [2.75, 3.05) is 27.4 Å². The van der Waals surface area contributed by atoms with Crippen LogP contribution < -0.4 is 4.74 Å². The molecule has 0 radical (unpaired) electrons. The number of ether oxygens (including phenoxy) is 3. The van der Waals surface area contributed by atoms with Crippen LogP contribution >= 0.6 is 8.38 Å². The molecule has 156 valence electrons. The SMILES string of the molecule is CCOP(OCC)C(OC)/C(C)=C/Cc1c(O)c2c(c(C)c1OC)COC2=O. The summed E-state index contributed by atoms with van der Waals surface area (Å²) >= 11 is 0. The first kappa shape index (κ1) is 22.6. The first-order chi connectivity index (χ1) is 13.4. The van der Waals surface area contributed by atoms with E-state index in [9.17, 15) is 9.90 Å². The molecule has 1 aromatic rings. The van der Waals surface area contributed by atoms with Gasteiger partial charge in [-0.05, 0) is 45.3 Å². The Labute approximate surface area is 167 Å². The van der Waals surface area contributed by atoms with Crippen LogP contribution in [0, 0.1) is 6.92 Å². The van der Waals surface area contributed by atoms with Gasteiger partial charge in [-0.15, -0.1) is 0 Å². The number of methoxy groups -OCH3 is 2. The zero-order valence-corrected chi connectivity index (χ0v) is 18.2. The van der Waals surface area contributed by atoms with Crippen LogP contribution in [0.25, 0.3) is 0 Å². The molecule has 0 bridgehead atoms. The second-order valence-corrected chi connectivity index (χ2v) is 7.83. The minimum absolute atomic E-state index is 0.0881. The molecule has 2 rings (SSSR count). The number of esters is 1. The molecular formula is C20H29O7P. The molecule has 1 unspecified atom stereocenters. The van der Waals surface area contributed by atoms with Crippen molar-refractivity contribution in [3.63, 3.8) is 0 Å². The Morgan fingerprint density at radius 3 is 2.46 bits per heavy atom. The number of phenolic OH excluding ortho intramolecular Hbond substituents is 1. The van der Waals surface area contributed by atoms with E-state index >= 15 is 0 Å². The number of phenols is 1. The van der Waals surface area contributed by atoms with Gasteiger partial charge in [-0.25, -0.2) is 4.79 Å². The average molecular weight is 412 g/mol. The molecule has 0 aliphatic carbocycles. The molecule has 8 heteroatoms. The number of carbonyl (C=O) groups excluding carboxylic acids is 1. The van der Waals surface area contributed by atoms with Gasteiger partial charge in [0.2, 0.25) is 8.38 Å². The molecule has 0 aromatic heterocycles. The molecule has 1 aliphatic rings. The van der Waals surface area contributed by atoms with Crippen molar-refractivity contribution < 1.29 is 33.2 Å². The van der Waals surface area contributed by atoms with Crippen molar-refractivity contribution in [1.29, 1.82) is 0 Å². The summed E-state index contributed by atoms with van der Waals surface area (Å²) in [5, 5.41) is 10.7. The largest absolute Gasteiger partial charge is 0.507 e. The first-order valence-corrected chi connectivity index (χ1v) is 10.5. The Morgan fingerprint density at radius 2 is 1.93 bits per heavy atom. The normalized spacial score (nSPS) is 15.0. The highest BCUT2D eigenvalue weighted by atomic mass is 31.2. The summed E-state index contributed by atoms with van der Waals surface area (Å²) < 4.78 is 27.7. The lowest BCUT2D eigenvalue weighted by Gasteiger charge is -2.25. The van der Waals surface area contributed by atoms with E-state index in [-0.39, 0.29) is 23.8 Å². The number of hydrogen-bond donors (Lipinski definition) is 1. The van der Waals surface area contributed by atoms with Crippen LogP contribution in [0.1, 0.15) is 47.8 Å². The molecule has 1 aliphatic heterocycles. The number of fused-ring (bicyclic) bond motifs is 1. The quantitative estimate of drug-likeness (QED) is 0.350. The van der Waals surface area contributed by atoms with Gasteiger partial charge in [0, 0.05) is 18.2 Å². The van der Waals surface area contributed by atoms with Crippen molar-refractivity contribution in [3.8, 4) is 11.5 Å². The van der Waals surface area contributed by atoms with Crippen molar-refractivity contribution in [2.45, 2.75) is 46.6 Å². The zero-order chi connectivity index (χ0) is 20.8. The smallest absolute Gasteiger partial charge is 0.342 e. The maximum Gasteiger partial charge on any atom is 0.342 e. The fourth-order valence-electron chi connectivity index (χ4n) is 3.26. The van der Waals surface area contributed by atoms with E-state index in [2.05, 4.69) is 0 Å². The minimum atomic E-state index is -1.24. The summed E-state index contributed by atoms with van der Waals surface area (Å²) in [6, 6.07) is 0. The van der Waals surface area contributed by atoms with Gasteiger partial charge in [-0.3, -0.25) is 0 Å². The summed E-state index contributed by atoms with van der Waals surface area (Å²) in [5.41, 5.74) is 3.17. The molecule has 0 saturated heterocycles. The van der Waals surface area contributed by atoms with E-state index in [1.165, 1.54) is 0 Å². The molecule has 0 spiro atoms. The van der Waals surface area contributed by atoms with Crippen LogP contribution in [-0.2, 0) is 31.5 Å². The van der Waals surface area contributed by atoms with Gasteiger partial charge < -0.3 is 28.4 Å². The number of carbonyl (C=O) groups is 1. The third kappa shape index (κ3) is 4.49. The Kier molecular flexibility index (Phi) is 8.25. The molecule has 0 amide bonds. The van der Waals surface area contributed by atoms with Crippen LogP contribution in [0.4, 0.5) is 0 Å². The summed E-state index contributed by atoms with van der Waals surface area (Å²) in [7, 11) is 1.92. The highest BCUT2D eigenvalue weighted by Crippen LogP contribution is 2.47. The zero-order valence-electron chi connectivity index (χ0n) is 17.3. The standard InChI is InChI=1S/C20H29O7P/c1-7-26-28(27-8-2)20(24-6)12(3)9-10-14-17(21)16-15(11-25-19(16)22)13(4)18(14)23-5/h9,20-21H,7-8,10-11H2,1-6H3/b12-9+. The Bertz CT molecular complexity index is 739. The van der Waals surface area contributed by atoms with Gasteiger partial charge in [0.25, 0.3) is 0 Å². The van der Waals surface area contributed by atoms with Crippen molar-refractivity contribution in [3.05, 3.63) is 33.9 Å². The molecule has 1 aromatic carbocycles. The fraction of sp³-hybridized carbons (Fsp3) is 0.550. The molecule has 0 fully saturated rings. The van der Waals surface area contributed by atoms with E-state index in [4.69, 9.17) is 23.3 Å². The molecule has 1 heterocycles. The summed E-state index contributed by atoms with van der Waals surface area (Å²) in [5.74, 6) is -0.367. The molecule has 1 atom stereocenters. The lowest BCUT2D eigenvalue weighted by molar-refractivity contribution is 0.0533. The van der Waals surface area contributed by atoms with Gasteiger partial charge in [0.15, 0.2) is 0 Å². The maximum atomic E-state index is 12.0. The first-order valence-electron chi connectivity index (χ1n) is 9.23. The number of hydrogen-bond acceptors (Lipinski definition) is 7. The van der Waals surface area contributed by atoms with Crippen LogP contribution in [-0.4, -0.2) is 44.4 Å². The van der Waals surface area contributed by atoms with Crippen molar-refractivity contribution in [2.24, 2.45) is 0 Å². The highest BCUT2D eigenvalue weighted by Gasteiger charge is 2.32. The number of cyclic esters (lactones) is 1. The maximum absolute atomic E-state index is 12.0. The number of benzene rings is 1. The second kappa shape index (κ2) is 10.2. The Morgan fingerprint density at radius 1 is 1.29 bits per heavy atom. The molecule has 28 heavy (non-hydrogen) atoms. The minimum Gasteiger partial charge on any atom is -0.507 e. The third-order valence-electron chi connectivity index (χ3n) is 4.59. The Balaban J connectivity index is 2.37. The Hall–Kier alpha value is -1.66. The highest BCUT2D eigenvalue weighted by molar-refractivity contribution is 7.48. The number of allylic oxidation sites excluding steroid dienone is 1. The predicted molar refractivity (Wildman–Crippen MR) is 107 cm³/mol. The molecule has 7 nitrogen and oxygen atoms in total. The average Bonchev–Trinajstić information content (AvgIpc) is 3.06. The summed E-state index contributed by atoms with van der Waals surface area (Å²) in [4.78, 5) is 12.0. The summed E-state index contributed by atoms with van der Waals surface area (Å²) in [6.45, 7) is 8.82. The number of rotatable bonds is 10. The van der Waals surface area contributed by atoms with Gasteiger partial charge >= 0.3 is 5.97 Å². The van der Waals surface area contributed by atoms with Crippen LogP contribution in [0.2, 0.25) is 0 Å². The molecule has 1 N–H and O–H groups in total. The lowest BCUT2D eigenvalue weighted by atomic mass is 9.95. The fourth-order valence-corrected chi connectivity index (χ4v) is 4.72. The van der Waals surface area contributed by atoms with E-state index in [1.807, 2.05) is 33.8 Å². The van der Waals surface area contributed by atoms with Gasteiger partial charge in [-0.1, -0.05) is 6.08 Å². The van der Waals surface area contributed by atoms with Crippen molar-refractivity contribution in [1.82, 2.24) is 0 Å². The van der Waals surface area contributed by atoms with E-state index < -0.39 is 14.3 Å². The van der Waals surface area contributed by atoms with E-state index in [1.54, 1.807) is 14.2 Å². The van der Waals surface area contributed by atoms with Gasteiger partial charge in [0.1, 0.15) is 29.5 Å². The predicted octanol–water partition coefficient (Wildman–Crippen LogP) is 4.23. The third-order valence-corrected chi connectivity index (χ3v) is 6.62. The molecule has 0 saturated carbocycles. The topological polar surface area (TPSA) is 83.5 Å². The number of aromatic hydroxyl groups is 1. The van der Waals surface area contributed by atoms with Gasteiger partial charge in [0.05, 0.1) is 20.3 Å². The van der Waals surface area contributed by atoms with Crippen LogP contribution in [0.5, 0.6) is 11.5 Å². The molecular weight excluding hydrogens is 383 g/mol. The van der Waals surface area contributed by atoms with Crippen molar-refractivity contribution >= 4 is 14.3 Å². The monoisotopic (exact) mass is 412 g/mol.